The van der Waals surface area contributed by atoms with Crippen LogP contribution in [-0.4, -0.2) is 30.3 Å². The third-order valence-corrected chi connectivity index (χ3v) is 3.62. The molecule has 1 unspecified atom stereocenters. The van der Waals surface area contributed by atoms with E-state index in [4.69, 9.17) is 9.47 Å². The average Bonchev–Trinajstić information content (AvgIpc) is 3.26. The number of carbonyl (C=O) groups is 1. The Bertz CT molecular complexity index is 551. The number of urea groups is 1. The highest BCUT2D eigenvalue weighted by Crippen LogP contribution is 2.35. The van der Waals surface area contributed by atoms with Crippen molar-refractivity contribution in [3.8, 4) is 5.75 Å². The number of hydrogen-bond donors (Lipinski definition) is 2. The van der Waals surface area contributed by atoms with Gasteiger partial charge in [-0.2, -0.15) is 0 Å². The van der Waals surface area contributed by atoms with Gasteiger partial charge in [-0.3, -0.25) is 4.98 Å². The number of nitrogens with one attached hydrogen (secondary N) is 2. The summed E-state index contributed by atoms with van der Waals surface area (Å²) in [5.41, 5.74) is 1.10. The molecule has 6 nitrogen and oxygen atoms in total. The van der Waals surface area contributed by atoms with Crippen molar-refractivity contribution in [2.45, 2.75) is 52.2 Å². The number of methoxy groups -OCH3 is 1. The van der Waals surface area contributed by atoms with Crippen molar-refractivity contribution in [2.24, 2.45) is 5.92 Å². The Morgan fingerprint density at radius 1 is 1.39 bits per heavy atom. The number of pyridine rings is 1. The molecule has 2 amide bonds. The summed E-state index contributed by atoms with van der Waals surface area (Å²) in [6.45, 7) is 8.39. The van der Waals surface area contributed by atoms with Gasteiger partial charge in [0.1, 0.15) is 5.75 Å². The molecule has 0 spiro atoms. The number of anilines is 1. The minimum Gasteiger partial charge on any atom is -0.491 e. The van der Waals surface area contributed by atoms with Crippen molar-refractivity contribution in [1.29, 1.82) is 0 Å². The van der Waals surface area contributed by atoms with Gasteiger partial charge in [-0.1, -0.05) is 0 Å². The minimum atomic E-state index is -0.315. The first-order valence-corrected chi connectivity index (χ1v) is 8.03. The van der Waals surface area contributed by atoms with Gasteiger partial charge in [0.15, 0.2) is 0 Å². The molecule has 0 aromatic carbocycles. The first-order valence-electron chi connectivity index (χ1n) is 8.03. The van der Waals surface area contributed by atoms with Crippen LogP contribution >= 0.6 is 0 Å². The normalized spacial score (nSPS) is 15.9. The summed E-state index contributed by atoms with van der Waals surface area (Å²) in [5.74, 6) is 1.31. The fraction of sp³-hybridized carbons (Fsp3) is 0.647. The standard InChI is InChI=1S/C17H27N3O3/c1-11(22-5)15-13(19-16(21)20-17(2,3)4)8-18-9-14(15)23-10-12-6-7-12/h8-9,11-12H,6-7,10H2,1-5H3,(H2,19,20,21). The summed E-state index contributed by atoms with van der Waals surface area (Å²) >= 11 is 0. The second-order valence-corrected chi connectivity index (χ2v) is 7.06. The molecule has 2 rings (SSSR count). The van der Waals surface area contributed by atoms with Crippen LogP contribution in [0.1, 0.15) is 52.2 Å². The zero-order chi connectivity index (χ0) is 17.0. The van der Waals surface area contributed by atoms with E-state index in [1.54, 1.807) is 19.5 Å². The van der Waals surface area contributed by atoms with Gasteiger partial charge < -0.3 is 20.1 Å². The lowest BCUT2D eigenvalue weighted by Crippen LogP contribution is -2.43. The second kappa shape index (κ2) is 7.17. The van der Waals surface area contributed by atoms with Crippen molar-refractivity contribution >= 4 is 11.7 Å². The lowest BCUT2D eigenvalue weighted by atomic mass is 10.1. The maximum absolute atomic E-state index is 12.1. The highest BCUT2D eigenvalue weighted by Gasteiger charge is 2.25. The monoisotopic (exact) mass is 321 g/mol. The van der Waals surface area contributed by atoms with Gasteiger partial charge in [0.25, 0.3) is 0 Å². The molecular weight excluding hydrogens is 294 g/mol. The molecule has 1 fully saturated rings. The molecule has 6 heteroatoms. The third kappa shape index (κ3) is 5.39. The lowest BCUT2D eigenvalue weighted by Gasteiger charge is -2.23. The molecule has 1 aliphatic rings. The Labute approximate surface area is 138 Å². The quantitative estimate of drug-likeness (QED) is 0.841. The molecule has 0 saturated heterocycles. The maximum Gasteiger partial charge on any atom is 0.319 e. The summed E-state index contributed by atoms with van der Waals surface area (Å²) in [5, 5.41) is 5.73. The first kappa shape index (κ1) is 17.5. The average molecular weight is 321 g/mol. The largest absolute Gasteiger partial charge is 0.491 e. The summed E-state index contributed by atoms with van der Waals surface area (Å²) in [4.78, 5) is 16.3. The van der Waals surface area contributed by atoms with Crippen LogP contribution in [-0.2, 0) is 4.74 Å². The second-order valence-electron chi connectivity index (χ2n) is 7.06. The number of rotatable bonds is 6. The Kier molecular flexibility index (Phi) is 5.46. The van der Waals surface area contributed by atoms with Gasteiger partial charge in [0, 0.05) is 18.2 Å². The predicted octanol–water partition coefficient (Wildman–Crippen LogP) is 3.50. The van der Waals surface area contributed by atoms with E-state index in [0.29, 0.717) is 24.0 Å². The fourth-order valence-electron chi connectivity index (χ4n) is 2.19. The molecule has 0 radical (unpaired) electrons. The van der Waals surface area contributed by atoms with Crippen LogP contribution in [0, 0.1) is 5.92 Å². The highest BCUT2D eigenvalue weighted by atomic mass is 16.5. The Hall–Kier alpha value is -1.82. The summed E-state index contributed by atoms with van der Waals surface area (Å²) in [7, 11) is 1.63. The molecule has 1 heterocycles. The van der Waals surface area contributed by atoms with E-state index in [2.05, 4.69) is 15.6 Å². The summed E-state index contributed by atoms with van der Waals surface area (Å²) in [6.07, 6.45) is 5.53. The number of carbonyl (C=O) groups excluding carboxylic acids is 1. The van der Waals surface area contributed by atoms with E-state index in [0.717, 1.165) is 5.56 Å². The van der Waals surface area contributed by atoms with E-state index >= 15 is 0 Å². The van der Waals surface area contributed by atoms with Crippen LogP contribution in [0.5, 0.6) is 5.75 Å². The SMILES string of the molecule is COC(C)c1c(NC(=O)NC(C)(C)C)cncc1OCC1CC1. The molecule has 1 saturated carbocycles. The molecule has 1 aromatic heterocycles. The van der Waals surface area contributed by atoms with E-state index in [-0.39, 0.29) is 17.7 Å². The van der Waals surface area contributed by atoms with Crippen molar-refractivity contribution in [2.75, 3.05) is 19.0 Å². The van der Waals surface area contributed by atoms with Crippen LogP contribution in [0.25, 0.3) is 0 Å². The molecule has 23 heavy (non-hydrogen) atoms. The van der Waals surface area contributed by atoms with Crippen molar-refractivity contribution < 1.29 is 14.3 Å². The first-order chi connectivity index (χ1) is 10.8. The zero-order valence-electron chi connectivity index (χ0n) is 14.6. The minimum absolute atomic E-state index is 0.211. The molecular formula is C17H27N3O3. The summed E-state index contributed by atoms with van der Waals surface area (Å²) < 4.78 is 11.3. The molecule has 1 aliphatic carbocycles. The van der Waals surface area contributed by atoms with Gasteiger partial charge in [0.2, 0.25) is 0 Å². The fourth-order valence-corrected chi connectivity index (χ4v) is 2.19. The van der Waals surface area contributed by atoms with Crippen LogP contribution < -0.4 is 15.4 Å². The smallest absolute Gasteiger partial charge is 0.319 e. The predicted molar refractivity (Wildman–Crippen MR) is 89.8 cm³/mol. The zero-order valence-corrected chi connectivity index (χ0v) is 14.6. The molecule has 0 aliphatic heterocycles. The third-order valence-electron chi connectivity index (χ3n) is 3.62. The molecule has 128 valence electrons. The van der Waals surface area contributed by atoms with Crippen LogP contribution in [0.15, 0.2) is 12.4 Å². The van der Waals surface area contributed by atoms with Gasteiger partial charge in [-0.25, -0.2) is 4.79 Å². The molecule has 0 bridgehead atoms. The number of nitrogens with zero attached hydrogens (tertiary/aromatic N) is 1. The number of ether oxygens (including phenoxy) is 2. The number of amides is 2. The molecule has 1 aromatic rings. The molecule has 2 N–H and O–H groups in total. The van der Waals surface area contributed by atoms with Crippen molar-refractivity contribution in [1.82, 2.24) is 10.3 Å². The Morgan fingerprint density at radius 2 is 2.09 bits per heavy atom. The molecule has 1 atom stereocenters. The van der Waals surface area contributed by atoms with E-state index < -0.39 is 0 Å². The topological polar surface area (TPSA) is 72.5 Å². The van der Waals surface area contributed by atoms with Crippen molar-refractivity contribution in [3.63, 3.8) is 0 Å². The van der Waals surface area contributed by atoms with Gasteiger partial charge >= 0.3 is 6.03 Å². The van der Waals surface area contributed by atoms with E-state index in [1.807, 2.05) is 27.7 Å². The number of hydrogen-bond acceptors (Lipinski definition) is 4. The Morgan fingerprint density at radius 3 is 2.65 bits per heavy atom. The summed E-state index contributed by atoms with van der Waals surface area (Å²) in [6, 6.07) is -0.275. The maximum atomic E-state index is 12.1. The van der Waals surface area contributed by atoms with E-state index in [9.17, 15) is 4.79 Å². The van der Waals surface area contributed by atoms with Crippen LogP contribution in [0.2, 0.25) is 0 Å². The number of aromatic nitrogens is 1. The van der Waals surface area contributed by atoms with Crippen LogP contribution in [0.3, 0.4) is 0 Å². The van der Waals surface area contributed by atoms with Gasteiger partial charge in [0.05, 0.1) is 30.8 Å². The Balaban J connectivity index is 2.18. The van der Waals surface area contributed by atoms with E-state index in [1.165, 1.54) is 12.8 Å². The lowest BCUT2D eigenvalue weighted by molar-refractivity contribution is 0.116. The van der Waals surface area contributed by atoms with Crippen LogP contribution in [0.4, 0.5) is 10.5 Å². The highest BCUT2D eigenvalue weighted by molar-refractivity contribution is 5.90. The van der Waals surface area contributed by atoms with Gasteiger partial charge in [-0.15, -0.1) is 0 Å². The van der Waals surface area contributed by atoms with Gasteiger partial charge in [-0.05, 0) is 46.5 Å². The van der Waals surface area contributed by atoms with Crippen molar-refractivity contribution in [3.05, 3.63) is 18.0 Å².